The second kappa shape index (κ2) is 11.0. The van der Waals surface area contributed by atoms with E-state index in [4.69, 9.17) is 14.5 Å². The van der Waals surface area contributed by atoms with Crippen molar-refractivity contribution in [2.45, 2.75) is 38.3 Å². The van der Waals surface area contributed by atoms with Crippen LogP contribution in [0, 0.1) is 17.2 Å². The molecule has 1 fully saturated rings. The summed E-state index contributed by atoms with van der Waals surface area (Å²) < 4.78 is 12.5. The SMILES string of the molecule is COc1ccc([C@@H](NC(=O)N2CCc3cnc(CC4CCOCC4)nc3C2)c2cnn(C)c2)cc1C#N. The van der Waals surface area contributed by atoms with Crippen molar-refractivity contribution in [3.63, 3.8) is 0 Å². The number of nitrogens with one attached hydrogen (secondary N) is 1. The third-order valence-electron chi connectivity index (χ3n) is 7.10. The highest BCUT2D eigenvalue weighted by atomic mass is 16.5. The molecular formula is C27H31N7O3. The standard InChI is InChI=1S/C27H31N7O3/c1-33-16-22(15-30-33)26(19-3-4-24(36-2)21(12-19)13-28)32-27(35)34-8-5-20-14-29-25(31-23(20)17-34)11-18-6-9-37-10-7-18/h3-4,12,14-16,18,26H,5-11,17H2,1-2H3,(H,32,35)/t26-/m1/s1. The third kappa shape index (κ3) is 5.57. The second-order valence-electron chi connectivity index (χ2n) is 9.59. The zero-order valence-electron chi connectivity index (χ0n) is 21.2. The molecule has 10 nitrogen and oxygen atoms in total. The number of hydrogen-bond donors (Lipinski definition) is 1. The number of carbonyl (C=O) groups is 1. The minimum absolute atomic E-state index is 0.196. The fourth-order valence-electron chi connectivity index (χ4n) is 4.98. The van der Waals surface area contributed by atoms with E-state index in [1.165, 1.54) is 7.11 Å². The highest BCUT2D eigenvalue weighted by Crippen LogP contribution is 2.28. The Hall–Kier alpha value is -3.97. The van der Waals surface area contributed by atoms with Crippen molar-refractivity contribution >= 4 is 6.03 Å². The first-order valence-electron chi connectivity index (χ1n) is 12.6. The molecule has 1 saturated heterocycles. The molecule has 10 heteroatoms. The van der Waals surface area contributed by atoms with Gasteiger partial charge in [-0.3, -0.25) is 4.68 Å². The first kappa shape index (κ1) is 24.7. The lowest BCUT2D eigenvalue weighted by atomic mass is 9.96. The Labute approximate surface area is 216 Å². The number of benzene rings is 1. The summed E-state index contributed by atoms with van der Waals surface area (Å²) >= 11 is 0. The topological polar surface area (TPSA) is 118 Å². The van der Waals surface area contributed by atoms with E-state index in [9.17, 15) is 10.1 Å². The lowest BCUT2D eigenvalue weighted by molar-refractivity contribution is 0.0659. The Morgan fingerprint density at radius 1 is 1.30 bits per heavy atom. The third-order valence-corrected chi connectivity index (χ3v) is 7.10. The van der Waals surface area contributed by atoms with Crippen molar-refractivity contribution in [1.82, 2.24) is 30.0 Å². The molecule has 2 aromatic heterocycles. The van der Waals surface area contributed by atoms with Crippen LogP contribution in [0.5, 0.6) is 5.75 Å². The molecule has 4 heterocycles. The van der Waals surface area contributed by atoms with Gasteiger partial charge in [0.2, 0.25) is 0 Å². The van der Waals surface area contributed by atoms with Crippen molar-refractivity contribution in [3.05, 3.63) is 70.6 Å². The van der Waals surface area contributed by atoms with Crippen LogP contribution in [0.4, 0.5) is 4.79 Å². The normalized spacial score (nSPS) is 16.5. The number of aryl methyl sites for hydroxylation is 1. The molecular weight excluding hydrogens is 470 g/mol. The Bertz CT molecular complexity index is 1310. The molecule has 1 atom stereocenters. The lowest BCUT2D eigenvalue weighted by Gasteiger charge is -2.30. The molecule has 0 saturated carbocycles. The van der Waals surface area contributed by atoms with Gasteiger partial charge in [0.15, 0.2) is 0 Å². The number of nitrogens with zero attached hydrogens (tertiary/aromatic N) is 6. The molecule has 1 N–H and O–H groups in total. The maximum atomic E-state index is 13.5. The molecule has 2 aliphatic rings. The maximum Gasteiger partial charge on any atom is 0.318 e. The number of hydrogen-bond acceptors (Lipinski definition) is 7. The van der Waals surface area contributed by atoms with Crippen molar-refractivity contribution in [2.75, 3.05) is 26.9 Å². The monoisotopic (exact) mass is 501 g/mol. The first-order chi connectivity index (χ1) is 18.0. The Balaban J connectivity index is 1.34. The number of rotatable bonds is 6. The molecule has 0 unspecified atom stereocenters. The summed E-state index contributed by atoms with van der Waals surface area (Å²) in [7, 11) is 3.36. The smallest absolute Gasteiger partial charge is 0.318 e. The van der Waals surface area contributed by atoms with E-state index in [1.54, 1.807) is 27.9 Å². The van der Waals surface area contributed by atoms with Gasteiger partial charge in [-0.05, 0) is 48.4 Å². The first-order valence-corrected chi connectivity index (χ1v) is 12.6. The molecule has 5 rings (SSSR count). The number of fused-ring (bicyclic) bond motifs is 1. The van der Waals surface area contributed by atoms with Gasteiger partial charge in [-0.25, -0.2) is 14.8 Å². The lowest BCUT2D eigenvalue weighted by Crippen LogP contribution is -2.44. The van der Waals surface area contributed by atoms with Crippen LogP contribution in [0.15, 0.2) is 36.8 Å². The van der Waals surface area contributed by atoms with E-state index < -0.39 is 6.04 Å². The number of urea groups is 1. The van der Waals surface area contributed by atoms with Crippen molar-refractivity contribution in [3.8, 4) is 11.8 Å². The van der Waals surface area contributed by atoms with Crippen molar-refractivity contribution in [2.24, 2.45) is 13.0 Å². The summed E-state index contributed by atoms with van der Waals surface area (Å²) in [6.07, 6.45) is 9.12. The van der Waals surface area contributed by atoms with Crippen LogP contribution in [0.25, 0.3) is 0 Å². The zero-order valence-corrected chi connectivity index (χ0v) is 21.2. The molecule has 0 bridgehead atoms. The maximum absolute atomic E-state index is 13.5. The number of aromatic nitrogens is 4. The second-order valence-corrected chi connectivity index (χ2v) is 9.59. The van der Waals surface area contributed by atoms with Crippen LogP contribution >= 0.6 is 0 Å². The van der Waals surface area contributed by atoms with Gasteiger partial charge in [0.25, 0.3) is 0 Å². The minimum Gasteiger partial charge on any atom is -0.495 e. The Kier molecular flexibility index (Phi) is 7.32. The summed E-state index contributed by atoms with van der Waals surface area (Å²) in [5.41, 5.74) is 4.01. The molecule has 37 heavy (non-hydrogen) atoms. The van der Waals surface area contributed by atoms with Crippen LogP contribution in [0.2, 0.25) is 0 Å². The Morgan fingerprint density at radius 3 is 2.86 bits per heavy atom. The number of carbonyl (C=O) groups excluding carboxylic acids is 1. The van der Waals surface area contributed by atoms with Crippen molar-refractivity contribution in [1.29, 1.82) is 5.26 Å². The fourth-order valence-corrected chi connectivity index (χ4v) is 4.98. The van der Waals surface area contributed by atoms with Crippen LogP contribution in [-0.2, 0) is 31.2 Å². The highest BCUT2D eigenvalue weighted by molar-refractivity contribution is 5.75. The van der Waals surface area contributed by atoms with Crippen LogP contribution in [0.3, 0.4) is 0 Å². The molecule has 1 aromatic carbocycles. The summed E-state index contributed by atoms with van der Waals surface area (Å²) in [6, 6.07) is 6.85. The van der Waals surface area contributed by atoms with Gasteiger partial charge in [0, 0.05) is 51.2 Å². The molecule has 0 aliphatic carbocycles. The molecule has 0 radical (unpaired) electrons. The summed E-state index contributed by atoms with van der Waals surface area (Å²) in [5, 5.41) is 17.0. The van der Waals surface area contributed by atoms with E-state index in [2.05, 4.69) is 21.5 Å². The van der Waals surface area contributed by atoms with Gasteiger partial charge in [-0.15, -0.1) is 0 Å². The Morgan fingerprint density at radius 2 is 2.14 bits per heavy atom. The van der Waals surface area contributed by atoms with E-state index in [0.29, 0.717) is 36.7 Å². The van der Waals surface area contributed by atoms with Crippen LogP contribution in [0.1, 0.15) is 52.7 Å². The van der Waals surface area contributed by atoms with Crippen molar-refractivity contribution < 1.29 is 14.3 Å². The molecule has 192 valence electrons. The van der Waals surface area contributed by atoms with Crippen LogP contribution in [-0.4, -0.2) is 57.5 Å². The number of amides is 2. The quantitative estimate of drug-likeness (QED) is 0.552. The number of methoxy groups -OCH3 is 1. The van der Waals surface area contributed by atoms with Gasteiger partial charge in [0.1, 0.15) is 17.6 Å². The van der Waals surface area contributed by atoms with Gasteiger partial charge in [-0.2, -0.15) is 10.4 Å². The molecule has 2 aliphatic heterocycles. The zero-order chi connectivity index (χ0) is 25.8. The van der Waals surface area contributed by atoms with E-state index in [0.717, 1.165) is 60.7 Å². The summed E-state index contributed by atoms with van der Waals surface area (Å²) in [4.78, 5) is 24.7. The van der Waals surface area contributed by atoms with E-state index in [1.807, 2.05) is 25.5 Å². The fraction of sp³-hybridized carbons (Fsp3) is 0.444. The minimum atomic E-state index is -0.477. The van der Waals surface area contributed by atoms with E-state index in [-0.39, 0.29) is 6.03 Å². The average molecular weight is 502 g/mol. The van der Waals surface area contributed by atoms with E-state index >= 15 is 0 Å². The van der Waals surface area contributed by atoms with Gasteiger partial charge < -0.3 is 19.7 Å². The highest BCUT2D eigenvalue weighted by Gasteiger charge is 2.27. The van der Waals surface area contributed by atoms with Gasteiger partial charge >= 0.3 is 6.03 Å². The summed E-state index contributed by atoms with van der Waals surface area (Å²) in [5.74, 6) is 1.87. The summed E-state index contributed by atoms with van der Waals surface area (Å²) in [6.45, 7) is 2.60. The molecule has 0 spiro atoms. The predicted molar refractivity (Wildman–Crippen MR) is 135 cm³/mol. The van der Waals surface area contributed by atoms with Crippen LogP contribution < -0.4 is 10.1 Å². The molecule has 3 aromatic rings. The average Bonchev–Trinajstić information content (AvgIpc) is 3.37. The number of ether oxygens (including phenoxy) is 2. The number of nitriles is 1. The van der Waals surface area contributed by atoms with Gasteiger partial charge in [-0.1, -0.05) is 6.07 Å². The predicted octanol–water partition coefficient (Wildman–Crippen LogP) is 2.92. The largest absolute Gasteiger partial charge is 0.495 e. The molecule has 2 amide bonds. The van der Waals surface area contributed by atoms with Gasteiger partial charge in [0.05, 0.1) is 37.2 Å².